The Balaban J connectivity index is 4.13. The van der Waals surface area contributed by atoms with Crippen LogP contribution in [0.4, 0.5) is 35.1 Å². The minimum Gasteiger partial charge on any atom is -0.495 e. The third-order valence-corrected chi connectivity index (χ3v) is 1.03. The summed E-state index contributed by atoms with van der Waals surface area (Å²) >= 11 is 0. The Kier molecular flexibility index (Phi) is 3.94. The Morgan fingerprint density at radius 1 is 0.867 bits per heavy atom. The normalized spacial score (nSPS) is 14.7. The highest BCUT2D eigenvalue weighted by atomic mass is 19.4. The number of hydrogen-bond acceptors (Lipinski definition) is 1. The lowest BCUT2D eigenvalue weighted by Crippen LogP contribution is -2.40. The number of halogens is 8. The molecule has 9 heteroatoms. The first kappa shape index (κ1) is 14.0. The summed E-state index contributed by atoms with van der Waals surface area (Å²) in [5.74, 6) is -5.18. The molecule has 0 unspecified atom stereocenters. The van der Waals surface area contributed by atoms with Gasteiger partial charge >= 0.3 is 18.3 Å². The molecule has 15 heavy (non-hydrogen) atoms. The molecule has 0 aliphatic heterocycles. The summed E-state index contributed by atoms with van der Waals surface area (Å²) in [5, 5.41) is 0. The molecule has 1 nitrogen and oxygen atoms in total. The molecule has 0 aromatic heterocycles. The van der Waals surface area contributed by atoms with Crippen LogP contribution in [0.1, 0.15) is 0 Å². The summed E-state index contributed by atoms with van der Waals surface area (Å²) in [5.41, 5.74) is 0. The lowest BCUT2D eigenvalue weighted by molar-refractivity contribution is -0.293. The smallest absolute Gasteiger partial charge is 0.456 e. The average molecular weight is 244 g/mol. The van der Waals surface area contributed by atoms with Crippen molar-refractivity contribution >= 4 is 0 Å². The second-order valence-electron chi connectivity index (χ2n) is 2.36. The molecule has 0 atom stereocenters. The quantitative estimate of drug-likeness (QED) is 0.546. The Bertz CT molecular complexity index is 224. The van der Waals surface area contributed by atoms with E-state index in [1.807, 2.05) is 0 Å². The molecule has 0 spiro atoms. The van der Waals surface area contributed by atoms with E-state index in [0.29, 0.717) is 0 Å². The number of allylic oxidation sites excluding steroid dienone is 1. The van der Waals surface area contributed by atoms with Crippen LogP contribution in [0.3, 0.4) is 0 Å². The molecule has 0 rings (SSSR count). The van der Waals surface area contributed by atoms with Gasteiger partial charge in [0.2, 0.25) is 0 Å². The summed E-state index contributed by atoms with van der Waals surface area (Å²) < 4.78 is 95.7. The van der Waals surface area contributed by atoms with E-state index in [1.165, 1.54) is 0 Å². The van der Waals surface area contributed by atoms with Gasteiger partial charge in [-0.2, -0.15) is 35.1 Å². The van der Waals surface area contributed by atoms with Crippen LogP contribution >= 0.6 is 0 Å². The van der Waals surface area contributed by atoms with Crippen LogP contribution in [-0.4, -0.2) is 24.9 Å². The molecule has 0 saturated carbocycles. The third kappa shape index (κ3) is 5.43. The van der Waals surface area contributed by atoms with Crippen LogP contribution in [-0.2, 0) is 4.74 Å². The molecule has 0 aliphatic rings. The van der Waals surface area contributed by atoms with Crippen LogP contribution in [0.2, 0.25) is 0 Å². The monoisotopic (exact) mass is 244 g/mol. The van der Waals surface area contributed by atoms with Crippen LogP contribution in [0.15, 0.2) is 12.3 Å². The van der Waals surface area contributed by atoms with E-state index in [9.17, 15) is 35.1 Å². The SMILES string of the molecule is FC(F)(F)/C=C/OCC(F)(F)C(F)(F)F. The molecule has 0 N–H and O–H groups in total. The lowest BCUT2D eigenvalue weighted by atomic mass is 10.3. The van der Waals surface area contributed by atoms with E-state index in [0.717, 1.165) is 0 Å². The minimum absolute atomic E-state index is 0.264. The van der Waals surface area contributed by atoms with Crippen LogP contribution in [0.25, 0.3) is 0 Å². The average Bonchev–Trinajstić information content (AvgIpc) is 1.94. The van der Waals surface area contributed by atoms with Gasteiger partial charge in [-0.3, -0.25) is 0 Å². The fraction of sp³-hybridized carbons (Fsp3) is 0.667. The summed E-state index contributed by atoms with van der Waals surface area (Å²) in [4.78, 5) is 0. The first-order valence-electron chi connectivity index (χ1n) is 3.26. The fourth-order valence-electron chi connectivity index (χ4n) is 0.360. The highest BCUT2D eigenvalue weighted by Crippen LogP contribution is 2.35. The molecule has 0 aliphatic carbocycles. The van der Waals surface area contributed by atoms with E-state index in [4.69, 9.17) is 0 Å². The van der Waals surface area contributed by atoms with E-state index < -0.39 is 31.0 Å². The van der Waals surface area contributed by atoms with E-state index in [-0.39, 0.29) is 6.26 Å². The van der Waals surface area contributed by atoms with Crippen LogP contribution in [0.5, 0.6) is 0 Å². The second-order valence-corrected chi connectivity index (χ2v) is 2.36. The molecule has 90 valence electrons. The van der Waals surface area contributed by atoms with Gasteiger partial charge in [0.05, 0.1) is 12.3 Å². The molecule has 0 radical (unpaired) electrons. The molecule has 0 bridgehead atoms. The molecule has 0 fully saturated rings. The molecular formula is C6H4F8O. The molecular weight excluding hydrogens is 240 g/mol. The Morgan fingerprint density at radius 2 is 1.33 bits per heavy atom. The van der Waals surface area contributed by atoms with E-state index in [2.05, 4.69) is 4.74 Å². The van der Waals surface area contributed by atoms with E-state index in [1.54, 1.807) is 0 Å². The highest BCUT2D eigenvalue weighted by Gasteiger charge is 2.58. The maximum Gasteiger partial charge on any atom is 0.456 e. The van der Waals surface area contributed by atoms with Gasteiger partial charge in [0, 0.05) is 0 Å². The summed E-state index contributed by atoms with van der Waals surface area (Å²) in [7, 11) is 0. The summed E-state index contributed by atoms with van der Waals surface area (Å²) in [6.07, 6.45) is -11.5. The van der Waals surface area contributed by atoms with Gasteiger partial charge < -0.3 is 4.74 Å². The molecule has 0 aromatic carbocycles. The highest BCUT2D eigenvalue weighted by molar-refractivity contribution is 4.84. The zero-order valence-corrected chi connectivity index (χ0v) is 6.79. The molecule has 0 heterocycles. The topological polar surface area (TPSA) is 9.23 Å². The van der Waals surface area contributed by atoms with Crippen molar-refractivity contribution in [3.63, 3.8) is 0 Å². The Labute approximate surface area is 78.3 Å². The van der Waals surface area contributed by atoms with Crippen molar-refractivity contribution in [1.29, 1.82) is 0 Å². The second kappa shape index (κ2) is 4.23. The first-order chi connectivity index (χ1) is 6.46. The third-order valence-electron chi connectivity index (χ3n) is 1.03. The number of ether oxygens (including phenoxy) is 1. The fourth-order valence-corrected chi connectivity index (χ4v) is 0.360. The van der Waals surface area contributed by atoms with Gasteiger partial charge in [-0.05, 0) is 0 Å². The minimum atomic E-state index is -5.85. The number of alkyl halides is 8. The summed E-state index contributed by atoms with van der Waals surface area (Å²) in [6, 6.07) is 0. The van der Waals surface area contributed by atoms with Gasteiger partial charge in [-0.15, -0.1) is 0 Å². The zero-order valence-electron chi connectivity index (χ0n) is 6.79. The first-order valence-corrected chi connectivity index (χ1v) is 3.26. The Morgan fingerprint density at radius 3 is 1.67 bits per heavy atom. The predicted octanol–water partition coefficient (Wildman–Crippen LogP) is 3.28. The number of rotatable bonds is 3. The van der Waals surface area contributed by atoms with E-state index >= 15 is 0 Å². The van der Waals surface area contributed by atoms with Crippen molar-refractivity contribution in [2.45, 2.75) is 18.3 Å². The van der Waals surface area contributed by atoms with Crippen molar-refractivity contribution < 1.29 is 39.9 Å². The van der Waals surface area contributed by atoms with Gasteiger partial charge in [0.25, 0.3) is 0 Å². The maximum absolute atomic E-state index is 12.0. The molecule has 0 aromatic rings. The summed E-state index contributed by atoms with van der Waals surface area (Å²) in [6.45, 7) is -2.19. The van der Waals surface area contributed by atoms with Gasteiger partial charge in [0.1, 0.15) is 0 Å². The van der Waals surface area contributed by atoms with Crippen LogP contribution in [0, 0.1) is 0 Å². The van der Waals surface area contributed by atoms with Gasteiger partial charge in [-0.1, -0.05) is 0 Å². The lowest BCUT2D eigenvalue weighted by Gasteiger charge is -2.18. The van der Waals surface area contributed by atoms with Gasteiger partial charge in [-0.25, -0.2) is 0 Å². The zero-order chi connectivity index (χ0) is 12.3. The van der Waals surface area contributed by atoms with Crippen molar-refractivity contribution in [1.82, 2.24) is 0 Å². The standard InChI is InChI=1S/C6H4F8O/c7-4(8,6(12,13)14)3-15-2-1-5(9,10)11/h1-2H,3H2/b2-1+. The number of hydrogen-bond donors (Lipinski definition) is 0. The largest absolute Gasteiger partial charge is 0.495 e. The van der Waals surface area contributed by atoms with Crippen LogP contribution < -0.4 is 0 Å². The molecule has 0 saturated heterocycles. The van der Waals surface area contributed by atoms with Crippen molar-refractivity contribution in [2.75, 3.05) is 6.61 Å². The van der Waals surface area contributed by atoms with Crippen molar-refractivity contribution in [3.05, 3.63) is 12.3 Å². The van der Waals surface area contributed by atoms with Crippen molar-refractivity contribution in [3.8, 4) is 0 Å². The predicted molar refractivity (Wildman–Crippen MR) is 32.1 cm³/mol. The maximum atomic E-state index is 12.0. The van der Waals surface area contributed by atoms with Gasteiger partial charge in [0.15, 0.2) is 6.61 Å². The van der Waals surface area contributed by atoms with Crippen molar-refractivity contribution in [2.24, 2.45) is 0 Å². The Hall–Kier alpha value is -1.02. The molecule has 0 amide bonds.